The summed E-state index contributed by atoms with van der Waals surface area (Å²) in [6.07, 6.45) is 9.85. The van der Waals surface area contributed by atoms with Gasteiger partial charge in [0, 0.05) is 51.7 Å². The summed E-state index contributed by atoms with van der Waals surface area (Å²) in [5, 5.41) is 25.0. The van der Waals surface area contributed by atoms with E-state index in [9.17, 15) is 15.0 Å². The van der Waals surface area contributed by atoms with Crippen LogP contribution in [-0.4, -0.2) is 84.8 Å². The van der Waals surface area contributed by atoms with Crippen LogP contribution in [0.1, 0.15) is 70.6 Å². The minimum Gasteiger partial charge on any atom is -0.393 e. The van der Waals surface area contributed by atoms with Crippen LogP contribution in [0.4, 0.5) is 0 Å². The number of fused-ring (bicyclic) bond motifs is 1. The Morgan fingerprint density at radius 1 is 0.971 bits per heavy atom. The maximum absolute atomic E-state index is 13.8. The predicted octanol–water partition coefficient (Wildman–Crippen LogP) is 2.34. The predicted molar refractivity (Wildman–Crippen MR) is 129 cm³/mol. The van der Waals surface area contributed by atoms with Crippen molar-refractivity contribution < 1.29 is 24.5 Å². The molecule has 5 rings (SSSR count). The topological polar surface area (TPSA) is 91.3 Å². The van der Waals surface area contributed by atoms with Crippen molar-refractivity contribution in [2.45, 2.75) is 95.0 Å². The molecule has 3 saturated carbocycles. The normalized spacial score (nSPS) is 41.5. The third kappa shape index (κ3) is 5.80. The fourth-order valence-electron chi connectivity index (χ4n) is 7.47. The third-order valence-electron chi connectivity index (χ3n) is 9.49. The summed E-state index contributed by atoms with van der Waals surface area (Å²) in [5.41, 5.74) is 0. The van der Waals surface area contributed by atoms with Crippen LogP contribution in [-0.2, 0) is 14.3 Å². The first kappa shape index (κ1) is 24.9. The van der Waals surface area contributed by atoms with E-state index in [0.717, 1.165) is 39.3 Å². The van der Waals surface area contributed by atoms with Crippen molar-refractivity contribution >= 4 is 5.91 Å². The molecule has 5 aliphatic rings. The molecule has 0 aromatic heterocycles. The van der Waals surface area contributed by atoms with E-state index in [2.05, 4.69) is 5.32 Å². The van der Waals surface area contributed by atoms with Gasteiger partial charge < -0.3 is 29.9 Å². The molecule has 7 heteroatoms. The molecule has 194 valence electrons. The molecule has 8 atom stereocenters. The molecule has 3 N–H and O–H groups in total. The number of aliphatic hydroxyl groups excluding tert-OH is 2. The van der Waals surface area contributed by atoms with E-state index in [1.54, 1.807) is 0 Å². The molecule has 2 aliphatic heterocycles. The number of carbonyl (C=O) groups excluding carboxylic acids is 1. The third-order valence-corrected chi connectivity index (χ3v) is 9.49. The lowest BCUT2D eigenvalue weighted by Gasteiger charge is -2.39. The number of nitrogens with one attached hydrogen (secondary N) is 1. The van der Waals surface area contributed by atoms with E-state index in [-0.39, 0.29) is 18.4 Å². The molecule has 0 spiro atoms. The van der Waals surface area contributed by atoms with Gasteiger partial charge in [0.15, 0.2) is 0 Å². The van der Waals surface area contributed by atoms with Crippen molar-refractivity contribution in [3.05, 3.63) is 0 Å². The minimum absolute atomic E-state index is 0.0467. The van der Waals surface area contributed by atoms with Gasteiger partial charge in [-0.2, -0.15) is 0 Å². The van der Waals surface area contributed by atoms with Crippen LogP contribution in [0.2, 0.25) is 0 Å². The Morgan fingerprint density at radius 3 is 2.62 bits per heavy atom. The second kappa shape index (κ2) is 11.5. The molecule has 5 fully saturated rings. The van der Waals surface area contributed by atoms with Gasteiger partial charge in [0.2, 0.25) is 5.91 Å². The Kier molecular flexibility index (Phi) is 8.47. The fraction of sp³-hybridized carbons (Fsp3) is 0.963. The number of carbonyl (C=O) groups is 1. The van der Waals surface area contributed by atoms with Gasteiger partial charge in [0.25, 0.3) is 0 Å². The maximum atomic E-state index is 13.8. The number of hydrogen-bond donors (Lipinski definition) is 3. The average Bonchev–Trinajstić information content (AvgIpc) is 3.51. The van der Waals surface area contributed by atoms with E-state index in [1.807, 2.05) is 4.90 Å². The number of likely N-dealkylation sites (tertiary alicyclic amines) is 1. The monoisotopic (exact) mass is 478 g/mol. The van der Waals surface area contributed by atoms with Gasteiger partial charge >= 0.3 is 0 Å². The Labute approximate surface area is 204 Å². The first-order chi connectivity index (χ1) is 16.6. The van der Waals surface area contributed by atoms with Crippen molar-refractivity contribution in [2.24, 2.45) is 29.6 Å². The highest BCUT2D eigenvalue weighted by Crippen LogP contribution is 2.39. The molecule has 0 aromatic rings. The van der Waals surface area contributed by atoms with Crippen LogP contribution < -0.4 is 5.32 Å². The summed E-state index contributed by atoms with van der Waals surface area (Å²) in [5.74, 6) is 1.70. The quantitative estimate of drug-likeness (QED) is 0.520. The molecular weight excluding hydrogens is 432 g/mol. The Bertz CT molecular complexity index is 665. The molecule has 8 unspecified atom stereocenters. The minimum atomic E-state index is -0.827. The molecule has 0 aromatic carbocycles. The SMILES string of the molecule is O=C(C1C(O)CC(O)CC1OCC1CCCCC1)N1CC2CCCC(NCC3CCOC3)C2C1. The van der Waals surface area contributed by atoms with Crippen LogP contribution in [0.15, 0.2) is 0 Å². The van der Waals surface area contributed by atoms with Crippen molar-refractivity contribution in [2.75, 3.05) is 39.5 Å². The van der Waals surface area contributed by atoms with Gasteiger partial charge in [-0.05, 0) is 55.8 Å². The summed E-state index contributed by atoms with van der Waals surface area (Å²) in [7, 11) is 0. The van der Waals surface area contributed by atoms with E-state index >= 15 is 0 Å². The van der Waals surface area contributed by atoms with Crippen LogP contribution in [0.25, 0.3) is 0 Å². The second-order valence-corrected chi connectivity index (χ2v) is 11.9. The number of amides is 1. The highest BCUT2D eigenvalue weighted by Gasteiger charge is 2.48. The second-order valence-electron chi connectivity index (χ2n) is 11.9. The number of nitrogens with zero attached hydrogens (tertiary/aromatic N) is 1. The number of aliphatic hydroxyl groups is 2. The highest BCUT2D eigenvalue weighted by atomic mass is 16.5. The zero-order valence-corrected chi connectivity index (χ0v) is 20.8. The summed E-state index contributed by atoms with van der Waals surface area (Å²) < 4.78 is 11.8. The van der Waals surface area contributed by atoms with Gasteiger partial charge in [-0.15, -0.1) is 0 Å². The van der Waals surface area contributed by atoms with E-state index < -0.39 is 18.1 Å². The van der Waals surface area contributed by atoms with Gasteiger partial charge in [-0.1, -0.05) is 25.7 Å². The molecular formula is C27H46N2O5. The molecule has 2 saturated heterocycles. The Morgan fingerprint density at radius 2 is 1.82 bits per heavy atom. The van der Waals surface area contributed by atoms with Gasteiger partial charge in [-0.3, -0.25) is 4.79 Å². The van der Waals surface area contributed by atoms with Crippen LogP contribution in [0, 0.1) is 29.6 Å². The van der Waals surface area contributed by atoms with Gasteiger partial charge in [0.1, 0.15) is 0 Å². The van der Waals surface area contributed by atoms with E-state index in [1.165, 1.54) is 51.4 Å². The molecule has 0 radical (unpaired) electrons. The van der Waals surface area contributed by atoms with Crippen LogP contribution >= 0.6 is 0 Å². The Balaban J connectivity index is 1.20. The molecule has 1 amide bonds. The molecule has 3 aliphatic carbocycles. The van der Waals surface area contributed by atoms with Crippen LogP contribution in [0.5, 0.6) is 0 Å². The van der Waals surface area contributed by atoms with E-state index in [4.69, 9.17) is 9.47 Å². The average molecular weight is 479 g/mol. The summed E-state index contributed by atoms with van der Waals surface area (Å²) in [6.45, 7) is 4.99. The smallest absolute Gasteiger partial charge is 0.230 e. The van der Waals surface area contributed by atoms with Crippen molar-refractivity contribution in [3.8, 4) is 0 Å². The standard InChI is InChI=1S/C27H46N2O5/c30-21-11-24(31)26(25(12-21)34-17-18-5-2-1-3-6-18)27(32)29-14-20-7-4-8-23(22(20)15-29)28-13-19-9-10-33-16-19/h18-26,28,30-31H,1-17H2. The summed E-state index contributed by atoms with van der Waals surface area (Å²) >= 11 is 0. The van der Waals surface area contributed by atoms with Gasteiger partial charge in [0.05, 0.1) is 30.8 Å². The maximum Gasteiger partial charge on any atom is 0.230 e. The first-order valence-electron chi connectivity index (χ1n) is 14.2. The zero-order chi connectivity index (χ0) is 23.5. The van der Waals surface area contributed by atoms with Crippen molar-refractivity contribution in [1.82, 2.24) is 10.2 Å². The number of rotatable bonds is 7. The number of hydrogen-bond acceptors (Lipinski definition) is 6. The fourth-order valence-corrected chi connectivity index (χ4v) is 7.47. The lowest BCUT2D eigenvalue weighted by atomic mass is 9.78. The lowest BCUT2D eigenvalue weighted by Crippen LogP contribution is -2.52. The largest absolute Gasteiger partial charge is 0.393 e. The summed E-state index contributed by atoms with van der Waals surface area (Å²) in [4.78, 5) is 15.8. The number of ether oxygens (including phenoxy) is 2. The summed E-state index contributed by atoms with van der Waals surface area (Å²) in [6, 6.07) is 0.466. The zero-order valence-electron chi connectivity index (χ0n) is 20.8. The molecule has 7 nitrogen and oxygen atoms in total. The molecule has 2 heterocycles. The first-order valence-corrected chi connectivity index (χ1v) is 14.2. The highest BCUT2D eigenvalue weighted by molar-refractivity contribution is 5.80. The van der Waals surface area contributed by atoms with Crippen LogP contribution in [0.3, 0.4) is 0 Å². The Hall–Kier alpha value is -0.730. The molecule has 34 heavy (non-hydrogen) atoms. The van der Waals surface area contributed by atoms with Gasteiger partial charge in [-0.25, -0.2) is 0 Å². The molecule has 0 bridgehead atoms. The lowest BCUT2D eigenvalue weighted by molar-refractivity contribution is -0.158. The van der Waals surface area contributed by atoms with Crippen molar-refractivity contribution in [1.29, 1.82) is 0 Å². The van der Waals surface area contributed by atoms with E-state index in [0.29, 0.717) is 42.7 Å². The van der Waals surface area contributed by atoms with Crippen molar-refractivity contribution in [3.63, 3.8) is 0 Å².